The molecule has 1 unspecified atom stereocenters. The molecule has 1 aromatic rings. The SMILES string of the molecule is CCCCCCC(NC)Oc1cc(C(F)(F)F)ccc1Cl. The summed E-state index contributed by atoms with van der Waals surface area (Å²) < 4.78 is 43.6. The summed E-state index contributed by atoms with van der Waals surface area (Å²) in [6, 6.07) is 3.10. The minimum Gasteiger partial charge on any atom is -0.474 e. The van der Waals surface area contributed by atoms with Gasteiger partial charge in [-0.25, -0.2) is 0 Å². The molecule has 0 saturated heterocycles. The van der Waals surface area contributed by atoms with Gasteiger partial charge in [-0.15, -0.1) is 0 Å². The van der Waals surface area contributed by atoms with Gasteiger partial charge >= 0.3 is 6.18 Å². The number of hydrogen-bond donors (Lipinski definition) is 1. The molecule has 0 fully saturated rings. The Morgan fingerprint density at radius 2 is 1.95 bits per heavy atom. The van der Waals surface area contributed by atoms with Gasteiger partial charge in [-0.3, -0.25) is 5.32 Å². The van der Waals surface area contributed by atoms with Gasteiger partial charge in [0.2, 0.25) is 0 Å². The zero-order chi connectivity index (χ0) is 15.9. The van der Waals surface area contributed by atoms with E-state index in [0.29, 0.717) is 0 Å². The molecule has 120 valence electrons. The molecule has 0 aliphatic rings. The van der Waals surface area contributed by atoms with Crippen molar-refractivity contribution < 1.29 is 17.9 Å². The highest BCUT2D eigenvalue weighted by molar-refractivity contribution is 6.32. The molecule has 1 N–H and O–H groups in total. The van der Waals surface area contributed by atoms with Crippen LogP contribution in [0.1, 0.15) is 44.6 Å². The molecule has 1 aromatic carbocycles. The van der Waals surface area contributed by atoms with Crippen LogP contribution in [-0.4, -0.2) is 13.3 Å². The Balaban J connectivity index is 2.70. The first-order valence-corrected chi connectivity index (χ1v) is 7.47. The Bertz CT molecular complexity index is 437. The lowest BCUT2D eigenvalue weighted by molar-refractivity contribution is -0.137. The molecule has 0 aliphatic heterocycles. The molecule has 2 nitrogen and oxygen atoms in total. The van der Waals surface area contributed by atoms with Gasteiger partial charge in [-0.05, 0) is 38.1 Å². The average molecular weight is 324 g/mol. The largest absolute Gasteiger partial charge is 0.474 e. The lowest BCUT2D eigenvalue weighted by Crippen LogP contribution is -2.31. The van der Waals surface area contributed by atoms with Gasteiger partial charge in [-0.1, -0.05) is 37.8 Å². The van der Waals surface area contributed by atoms with Gasteiger partial charge in [0, 0.05) is 0 Å². The molecule has 0 aromatic heterocycles. The number of ether oxygens (including phenoxy) is 1. The first-order chi connectivity index (χ1) is 9.88. The van der Waals surface area contributed by atoms with Gasteiger partial charge < -0.3 is 4.74 Å². The Morgan fingerprint density at radius 3 is 2.52 bits per heavy atom. The smallest absolute Gasteiger partial charge is 0.416 e. The molecule has 0 bridgehead atoms. The fraction of sp³-hybridized carbons (Fsp3) is 0.600. The van der Waals surface area contributed by atoms with Crippen LogP contribution < -0.4 is 10.1 Å². The minimum absolute atomic E-state index is 0.0568. The summed E-state index contributed by atoms with van der Waals surface area (Å²) in [6.45, 7) is 2.12. The monoisotopic (exact) mass is 323 g/mol. The minimum atomic E-state index is -4.40. The number of nitrogens with one attached hydrogen (secondary N) is 1. The number of benzene rings is 1. The quantitative estimate of drug-likeness (QED) is 0.521. The van der Waals surface area contributed by atoms with Crippen molar-refractivity contribution in [3.63, 3.8) is 0 Å². The van der Waals surface area contributed by atoms with E-state index in [1.807, 2.05) is 0 Å². The molecule has 0 heterocycles. The second kappa shape index (κ2) is 8.49. The summed E-state index contributed by atoms with van der Waals surface area (Å²) >= 11 is 5.91. The molecule has 6 heteroatoms. The summed E-state index contributed by atoms with van der Waals surface area (Å²) in [4.78, 5) is 0. The van der Waals surface area contributed by atoms with Crippen molar-refractivity contribution in [3.05, 3.63) is 28.8 Å². The van der Waals surface area contributed by atoms with E-state index < -0.39 is 11.7 Å². The first kappa shape index (κ1) is 18.1. The van der Waals surface area contributed by atoms with Gasteiger partial charge in [-0.2, -0.15) is 13.2 Å². The third kappa shape index (κ3) is 6.14. The number of halogens is 4. The summed E-state index contributed by atoms with van der Waals surface area (Å²) in [5.41, 5.74) is -0.761. The lowest BCUT2D eigenvalue weighted by atomic mass is 10.1. The molecule has 0 spiro atoms. The fourth-order valence-corrected chi connectivity index (χ4v) is 2.10. The van der Waals surface area contributed by atoms with Crippen molar-refractivity contribution in [3.8, 4) is 5.75 Å². The van der Waals surface area contributed by atoms with Gasteiger partial charge in [0.05, 0.1) is 10.6 Å². The molecule has 1 atom stereocenters. The Kier molecular flexibility index (Phi) is 7.32. The molecule has 21 heavy (non-hydrogen) atoms. The molecular weight excluding hydrogens is 303 g/mol. The molecule has 0 radical (unpaired) electrons. The normalized spacial score (nSPS) is 13.2. The van der Waals surface area contributed by atoms with E-state index in [1.54, 1.807) is 7.05 Å². The van der Waals surface area contributed by atoms with Crippen molar-refractivity contribution in [2.75, 3.05) is 7.05 Å². The van der Waals surface area contributed by atoms with Crippen molar-refractivity contribution in [1.82, 2.24) is 5.32 Å². The van der Waals surface area contributed by atoms with Crippen LogP contribution in [-0.2, 0) is 6.18 Å². The van der Waals surface area contributed by atoms with E-state index in [1.165, 1.54) is 6.07 Å². The van der Waals surface area contributed by atoms with Crippen LogP contribution in [0.2, 0.25) is 5.02 Å². The van der Waals surface area contributed by atoms with Crippen molar-refractivity contribution >= 4 is 11.6 Å². The maximum Gasteiger partial charge on any atom is 0.416 e. The maximum absolute atomic E-state index is 12.7. The third-order valence-electron chi connectivity index (χ3n) is 3.17. The lowest BCUT2D eigenvalue weighted by Gasteiger charge is -2.20. The van der Waals surface area contributed by atoms with E-state index in [4.69, 9.17) is 16.3 Å². The third-order valence-corrected chi connectivity index (χ3v) is 3.48. The highest BCUT2D eigenvalue weighted by Gasteiger charge is 2.31. The van der Waals surface area contributed by atoms with Gasteiger partial charge in [0.1, 0.15) is 12.0 Å². The molecule has 0 amide bonds. The Hall–Kier alpha value is -0.940. The van der Waals surface area contributed by atoms with E-state index in [2.05, 4.69) is 12.2 Å². The number of hydrogen-bond acceptors (Lipinski definition) is 2. The van der Waals surface area contributed by atoms with E-state index in [-0.39, 0.29) is 17.0 Å². The number of rotatable bonds is 8. The zero-order valence-electron chi connectivity index (χ0n) is 12.3. The molecule has 0 saturated carbocycles. The van der Waals surface area contributed by atoms with E-state index in [9.17, 15) is 13.2 Å². The van der Waals surface area contributed by atoms with Crippen LogP contribution in [0.3, 0.4) is 0 Å². The molecule has 1 rings (SSSR count). The highest BCUT2D eigenvalue weighted by Crippen LogP contribution is 2.35. The van der Waals surface area contributed by atoms with E-state index in [0.717, 1.165) is 44.2 Å². The Morgan fingerprint density at radius 1 is 1.24 bits per heavy atom. The standard InChI is InChI=1S/C15H21ClF3NO/c1-3-4-5-6-7-14(20-2)21-13-10-11(15(17,18)19)8-9-12(13)16/h8-10,14,20H,3-7H2,1-2H3. The van der Waals surface area contributed by atoms with Crippen molar-refractivity contribution in [2.45, 2.75) is 51.4 Å². The second-order valence-corrected chi connectivity index (χ2v) is 5.29. The van der Waals surface area contributed by atoms with E-state index >= 15 is 0 Å². The summed E-state index contributed by atoms with van der Waals surface area (Å²) in [5, 5.41) is 3.13. The van der Waals surface area contributed by atoms with Crippen LogP contribution in [0.15, 0.2) is 18.2 Å². The maximum atomic E-state index is 12.7. The van der Waals surface area contributed by atoms with Gasteiger partial charge in [0.25, 0.3) is 0 Å². The van der Waals surface area contributed by atoms with Crippen LogP contribution in [0.4, 0.5) is 13.2 Å². The zero-order valence-corrected chi connectivity index (χ0v) is 13.0. The van der Waals surface area contributed by atoms with Crippen molar-refractivity contribution in [2.24, 2.45) is 0 Å². The summed E-state index contributed by atoms with van der Waals surface area (Å²) in [6.07, 6.45) is 0.278. The van der Waals surface area contributed by atoms with Crippen LogP contribution in [0, 0.1) is 0 Å². The summed E-state index contributed by atoms with van der Waals surface area (Å²) in [5.74, 6) is 0.0568. The number of alkyl halides is 3. The average Bonchev–Trinajstić information content (AvgIpc) is 2.43. The predicted octanol–water partition coefficient (Wildman–Crippen LogP) is 5.25. The highest BCUT2D eigenvalue weighted by atomic mass is 35.5. The molecule has 0 aliphatic carbocycles. The Labute approximate surface area is 128 Å². The first-order valence-electron chi connectivity index (χ1n) is 7.09. The predicted molar refractivity (Wildman–Crippen MR) is 78.7 cm³/mol. The van der Waals surface area contributed by atoms with Crippen LogP contribution >= 0.6 is 11.6 Å². The van der Waals surface area contributed by atoms with Crippen LogP contribution in [0.25, 0.3) is 0 Å². The fourth-order valence-electron chi connectivity index (χ4n) is 1.94. The molecular formula is C15H21ClF3NO. The topological polar surface area (TPSA) is 21.3 Å². The van der Waals surface area contributed by atoms with Crippen molar-refractivity contribution in [1.29, 1.82) is 0 Å². The second-order valence-electron chi connectivity index (χ2n) is 4.89. The van der Waals surface area contributed by atoms with Crippen LogP contribution in [0.5, 0.6) is 5.75 Å². The summed E-state index contributed by atoms with van der Waals surface area (Å²) in [7, 11) is 1.71. The van der Waals surface area contributed by atoms with Gasteiger partial charge in [0.15, 0.2) is 0 Å². The number of unbranched alkanes of at least 4 members (excludes halogenated alkanes) is 3.